The molecule has 0 amide bonds. The number of hydrogen-bond donors (Lipinski definition) is 0. The van der Waals surface area contributed by atoms with Gasteiger partial charge in [0, 0.05) is 17.2 Å². The predicted octanol–water partition coefficient (Wildman–Crippen LogP) is 4.72. The van der Waals surface area contributed by atoms with Crippen LogP contribution < -0.4 is 0 Å². The second kappa shape index (κ2) is 8.85. The monoisotopic (exact) mass is 439 g/mol. The summed E-state index contributed by atoms with van der Waals surface area (Å²) in [5.74, 6) is 4.84. The molecule has 3 aromatic heterocycles. The summed E-state index contributed by atoms with van der Waals surface area (Å²) in [5, 5.41) is 8.49. The van der Waals surface area contributed by atoms with Gasteiger partial charge in [0.1, 0.15) is 23.5 Å². The summed E-state index contributed by atoms with van der Waals surface area (Å²) in [5.41, 5.74) is 2.59. The van der Waals surface area contributed by atoms with Crippen LogP contribution >= 0.6 is 0 Å². The Balaban J connectivity index is 1.55. The highest BCUT2D eigenvalue weighted by Gasteiger charge is 2.17. The number of benzene rings is 2. The summed E-state index contributed by atoms with van der Waals surface area (Å²) in [4.78, 5) is 8.34. The van der Waals surface area contributed by atoms with Gasteiger partial charge in [0.05, 0.1) is 18.4 Å². The van der Waals surface area contributed by atoms with Gasteiger partial charge >= 0.3 is 0 Å². The van der Waals surface area contributed by atoms with Crippen molar-refractivity contribution in [3.63, 3.8) is 0 Å². The van der Waals surface area contributed by atoms with E-state index in [1.165, 1.54) is 12.3 Å². The number of nitrogens with zero attached hydrogens (tertiary/aromatic N) is 5. The molecule has 6 nitrogen and oxygen atoms in total. The third kappa shape index (κ3) is 4.38. The zero-order valence-corrected chi connectivity index (χ0v) is 17.1. The summed E-state index contributed by atoms with van der Waals surface area (Å²) in [6.45, 7) is 0.150. The Kier molecular flexibility index (Phi) is 5.43. The Morgan fingerprint density at radius 2 is 1.70 bits per heavy atom. The van der Waals surface area contributed by atoms with Gasteiger partial charge in [-0.25, -0.2) is 18.7 Å². The van der Waals surface area contributed by atoms with Crippen LogP contribution in [0, 0.1) is 23.5 Å². The first kappa shape index (κ1) is 20.3. The minimum Gasteiger partial charge on any atom is -0.364 e. The van der Waals surface area contributed by atoms with Gasteiger partial charge in [0.2, 0.25) is 0 Å². The average molecular weight is 439 g/mol. The molecule has 0 radical (unpaired) electrons. The first-order valence-corrected chi connectivity index (χ1v) is 9.99. The van der Waals surface area contributed by atoms with Crippen LogP contribution in [0.1, 0.15) is 16.8 Å². The SMILES string of the molecule is Fc1ccccc1Cn1nc(-c2ncc(F)c(C#Cc3ccccc3)n2)cc1-c1ccon1. The second-order valence-corrected chi connectivity index (χ2v) is 7.05. The standard InChI is InChI=1S/C25H15F2N5O/c26-19-9-5-4-8-18(19)16-32-24(22-12-13-33-31-22)14-23(30-32)25-28-15-20(27)21(29-25)11-10-17-6-2-1-3-7-17/h1-9,12-15H,16H2. The van der Waals surface area contributed by atoms with E-state index in [4.69, 9.17) is 4.52 Å². The summed E-state index contributed by atoms with van der Waals surface area (Å²) in [7, 11) is 0. The van der Waals surface area contributed by atoms with Gasteiger partial charge in [0.25, 0.3) is 0 Å². The summed E-state index contributed by atoms with van der Waals surface area (Å²) < 4.78 is 35.1. The normalized spacial score (nSPS) is 10.6. The number of halogens is 2. The van der Waals surface area contributed by atoms with Crippen LogP contribution in [0.15, 0.2) is 83.7 Å². The zero-order chi connectivity index (χ0) is 22.6. The molecular weight excluding hydrogens is 424 g/mol. The van der Waals surface area contributed by atoms with E-state index in [1.807, 2.05) is 30.3 Å². The third-order valence-corrected chi connectivity index (χ3v) is 4.83. The number of aromatic nitrogens is 5. The molecular formula is C25H15F2N5O. The quantitative estimate of drug-likeness (QED) is 0.379. The van der Waals surface area contributed by atoms with Crippen LogP contribution in [0.25, 0.3) is 22.9 Å². The Hall–Kier alpha value is -4.64. The molecule has 5 rings (SSSR count). The molecule has 0 saturated heterocycles. The minimum atomic E-state index is -0.635. The number of hydrogen-bond acceptors (Lipinski definition) is 5. The summed E-state index contributed by atoms with van der Waals surface area (Å²) in [6.07, 6.45) is 2.49. The van der Waals surface area contributed by atoms with Gasteiger partial charge in [-0.3, -0.25) is 4.68 Å². The molecule has 33 heavy (non-hydrogen) atoms. The lowest BCUT2D eigenvalue weighted by molar-refractivity contribution is 0.421. The van der Waals surface area contributed by atoms with E-state index in [9.17, 15) is 8.78 Å². The van der Waals surface area contributed by atoms with E-state index in [-0.39, 0.29) is 23.9 Å². The van der Waals surface area contributed by atoms with Crippen molar-refractivity contribution in [2.45, 2.75) is 6.54 Å². The maximum absolute atomic E-state index is 14.3. The van der Waals surface area contributed by atoms with Crippen molar-refractivity contribution < 1.29 is 13.3 Å². The lowest BCUT2D eigenvalue weighted by Crippen LogP contribution is -2.06. The molecule has 0 aliphatic carbocycles. The van der Waals surface area contributed by atoms with Crippen LogP contribution in [0.4, 0.5) is 8.78 Å². The molecule has 8 heteroatoms. The van der Waals surface area contributed by atoms with Gasteiger partial charge in [0.15, 0.2) is 17.3 Å². The highest BCUT2D eigenvalue weighted by atomic mass is 19.1. The van der Waals surface area contributed by atoms with Crippen LogP contribution in [-0.4, -0.2) is 24.9 Å². The van der Waals surface area contributed by atoms with Gasteiger partial charge in [-0.1, -0.05) is 47.5 Å². The fourth-order valence-electron chi connectivity index (χ4n) is 3.22. The van der Waals surface area contributed by atoms with Crippen LogP contribution in [-0.2, 0) is 6.54 Å². The minimum absolute atomic E-state index is 0.0458. The van der Waals surface area contributed by atoms with Crippen LogP contribution in [0.2, 0.25) is 0 Å². The molecule has 0 fully saturated rings. The molecule has 0 saturated carbocycles. The molecule has 5 aromatic rings. The van der Waals surface area contributed by atoms with Gasteiger partial charge < -0.3 is 4.52 Å². The molecule has 0 atom stereocenters. The molecule has 0 unspecified atom stereocenters. The van der Waals surface area contributed by atoms with Crippen LogP contribution in [0.3, 0.4) is 0 Å². The van der Waals surface area contributed by atoms with Crippen molar-refractivity contribution in [1.29, 1.82) is 0 Å². The van der Waals surface area contributed by atoms with E-state index in [0.29, 0.717) is 22.6 Å². The van der Waals surface area contributed by atoms with E-state index < -0.39 is 5.82 Å². The van der Waals surface area contributed by atoms with E-state index in [0.717, 1.165) is 11.8 Å². The van der Waals surface area contributed by atoms with Gasteiger partial charge in [-0.15, -0.1) is 0 Å². The first-order valence-electron chi connectivity index (χ1n) is 9.99. The Bertz CT molecular complexity index is 1470. The summed E-state index contributed by atoms with van der Waals surface area (Å²) >= 11 is 0. The van der Waals surface area contributed by atoms with Crippen molar-refractivity contribution in [2.24, 2.45) is 0 Å². The Morgan fingerprint density at radius 3 is 2.48 bits per heavy atom. The fourth-order valence-corrected chi connectivity index (χ4v) is 3.22. The molecule has 160 valence electrons. The largest absolute Gasteiger partial charge is 0.364 e. The molecule has 0 bridgehead atoms. The fraction of sp³-hybridized carbons (Fsp3) is 0.0400. The van der Waals surface area contributed by atoms with Crippen molar-refractivity contribution in [3.05, 3.63) is 108 Å². The predicted molar refractivity (Wildman–Crippen MR) is 117 cm³/mol. The highest BCUT2D eigenvalue weighted by Crippen LogP contribution is 2.25. The maximum Gasteiger partial charge on any atom is 0.181 e. The van der Waals surface area contributed by atoms with Crippen molar-refractivity contribution in [2.75, 3.05) is 0 Å². The van der Waals surface area contributed by atoms with Crippen molar-refractivity contribution in [1.82, 2.24) is 24.9 Å². The van der Waals surface area contributed by atoms with E-state index >= 15 is 0 Å². The van der Waals surface area contributed by atoms with Crippen molar-refractivity contribution >= 4 is 0 Å². The zero-order valence-electron chi connectivity index (χ0n) is 17.1. The van der Waals surface area contributed by atoms with Crippen LogP contribution in [0.5, 0.6) is 0 Å². The molecule has 0 spiro atoms. The molecule has 0 aliphatic heterocycles. The topological polar surface area (TPSA) is 69.6 Å². The Labute approximate surface area is 187 Å². The molecule has 0 aliphatic rings. The highest BCUT2D eigenvalue weighted by molar-refractivity contribution is 5.63. The average Bonchev–Trinajstić information content (AvgIpc) is 3.51. The smallest absolute Gasteiger partial charge is 0.181 e. The third-order valence-electron chi connectivity index (χ3n) is 4.83. The van der Waals surface area contributed by atoms with E-state index in [1.54, 1.807) is 35.0 Å². The molecule has 3 heterocycles. The van der Waals surface area contributed by atoms with Gasteiger partial charge in [-0.2, -0.15) is 5.10 Å². The van der Waals surface area contributed by atoms with E-state index in [2.05, 4.69) is 32.1 Å². The second-order valence-electron chi connectivity index (χ2n) is 7.05. The summed E-state index contributed by atoms with van der Waals surface area (Å²) in [6, 6.07) is 19.0. The lowest BCUT2D eigenvalue weighted by atomic mass is 10.2. The maximum atomic E-state index is 14.3. The number of rotatable bonds is 4. The lowest BCUT2D eigenvalue weighted by Gasteiger charge is -2.06. The van der Waals surface area contributed by atoms with Crippen molar-refractivity contribution in [3.8, 4) is 34.7 Å². The molecule has 2 aromatic carbocycles. The molecule has 0 N–H and O–H groups in total. The Morgan fingerprint density at radius 1 is 0.879 bits per heavy atom. The first-order chi connectivity index (χ1) is 16.2. The van der Waals surface area contributed by atoms with Gasteiger partial charge in [-0.05, 0) is 30.2 Å².